The molecule has 2 heterocycles. The summed E-state index contributed by atoms with van der Waals surface area (Å²) in [5, 5.41) is 8.47. The molecule has 1 aliphatic rings. The number of carbonyl (C=O) groups is 4. The molecule has 0 bridgehead atoms. The molecule has 3 atom stereocenters. The second-order valence-electron chi connectivity index (χ2n) is 11.9. The molecule has 0 radical (unpaired) electrons. The Hall–Kier alpha value is -3.99. The van der Waals surface area contributed by atoms with Crippen molar-refractivity contribution in [1.29, 1.82) is 0 Å². The number of rotatable bonds is 15. The molecule has 1 unspecified atom stereocenters. The van der Waals surface area contributed by atoms with E-state index >= 15 is 0 Å². The molecule has 1 aliphatic heterocycles. The van der Waals surface area contributed by atoms with E-state index in [0.29, 0.717) is 25.4 Å². The molecule has 234 valence electrons. The Kier molecular flexibility index (Phi) is 13.4. The lowest BCUT2D eigenvalue weighted by Crippen LogP contribution is -2.49. The highest BCUT2D eigenvalue weighted by Crippen LogP contribution is 2.16. The zero-order chi connectivity index (χ0) is 31.2. The number of benzene rings is 1. The first kappa shape index (κ1) is 33.5. The van der Waals surface area contributed by atoms with Crippen LogP contribution in [0.3, 0.4) is 0 Å². The minimum Gasteiger partial charge on any atom is -0.445 e. The lowest BCUT2D eigenvalue weighted by atomic mass is 10.0. The van der Waals surface area contributed by atoms with E-state index in [0.717, 1.165) is 17.5 Å². The van der Waals surface area contributed by atoms with Gasteiger partial charge in [0.2, 0.25) is 5.91 Å². The van der Waals surface area contributed by atoms with Gasteiger partial charge in [0.25, 0.3) is 0 Å². The van der Waals surface area contributed by atoms with Crippen molar-refractivity contribution in [2.75, 3.05) is 26.2 Å². The second kappa shape index (κ2) is 17.2. The summed E-state index contributed by atoms with van der Waals surface area (Å²) in [6, 6.07) is 12.0. The van der Waals surface area contributed by atoms with E-state index < -0.39 is 18.2 Å². The average molecular weight is 596 g/mol. The molecule has 0 spiro atoms. The number of hydrogen-bond donors (Lipinski definition) is 3. The SMILES string of the molecule is CC(C)C[C@H](CN1CC(=O)C(CNC(=O)[C@H](CC(C)C)NC(=O)OCc2ccncc2)C1)NC(=O)OCc1ccccc1. The van der Waals surface area contributed by atoms with Gasteiger partial charge in [-0.15, -0.1) is 0 Å². The number of aromatic nitrogens is 1. The van der Waals surface area contributed by atoms with E-state index in [1.165, 1.54) is 0 Å². The molecule has 3 rings (SSSR count). The Labute approximate surface area is 254 Å². The Balaban J connectivity index is 1.47. The molecule has 3 N–H and O–H groups in total. The summed E-state index contributed by atoms with van der Waals surface area (Å²) in [5.74, 6) is -0.243. The minimum atomic E-state index is -0.793. The van der Waals surface area contributed by atoms with E-state index in [9.17, 15) is 19.2 Å². The van der Waals surface area contributed by atoms with Crippen molar-refractivity contribution in [3.05, 3.63) is 66.0 Å². The van der Waals surface area contributed by atoms with E-state index in [-0.39, 0.29) is 55.9 Å². The summed E-state index contributed by atoms with van der Waals surface area (Å²) in [6.07, 6.45) is 3.19. The molecule has 1 aromatic carbocycles. The topological polar surface area (TPSA) is 139 Å². The fraction of sp³-hybridized carbons (Fsp3) is 0.531. The maximum absolute atomic E-state index is 13.0. The fourth-order valence-corrected chi connectivity index (χ4v) is 5.00. The summed E-state index contributed by atoms with van der Waals surface area (Å²) in [4.78, 5) is 56.7. The van der Waals surface area contributed by atoms with Crippen LogP contribution >= 0.6 is 0 Å². The van der Waals surface area contributed by atoms with Crippen LogP contribution < -0.4 is 16.0 Å². The predicted octanol–water partition coefficient (Wildman–Crippen LogP) is 3.68. The maximum atomic E-state index is 13.0. The number of Topliss-reactive ketones (excluding diaryl/α,β-unsaturated/α-hetero) is 1. The van der Waals surface area contributed by atoms with E-state index in [1.807, 2.05) is 49.1 Å². The summed E-state index contributed by atoms with van der Waals surface area (Å²) in [7, 11) is 0. The third-order valence-electron chi connectivity index (χ3n) is 7.04. The van der Waals surface area contributed by atoms with Gasteiger partial charge in [-0.1, -0.05) is 58.0 Å². The molecule has 1 fully saturated rings. The number of alkyl carbamates (subject to hydrolysis) is 2. The van der Waals surface area contributed by atoms with Gasteiger partial charge in [0.15, 0.2) is 5.78 Å². The van der Waals surface area contributed by atoms with Gasteiger partial charge in [0.05, 0.1) is 6.54 Å². The fourth-order valence-electron chi connectivity index (χ4n) is 5.00. The molecule has 3 amide bonds. The number of carbonyl (C=O) groups excluding carboxylic acids is 4. The van der Waals surface area contributed by atoms with Gasteiger partial charge in [-0.25, -0.2) is 9.59 Å². The highest BCUT2D eigenvalue weighted by Gasteiger charge is 2.33. The number of nitrogens with one attached hydrogen (secondary N) is 3. The van der Waals surface area contributed by atoms with Gasteiger partial charge in [-0.2, -0.15) is 0 Å². The molecule has 2 aromatic rings. The van der Waals surface area contributed by atoms with Crippen LogP contribution in [-0.4, -0.2) is 72.0 Å². The van der Waals surface area contributed by atoms with Crippen LogP contribution in [0, 0.1) is 17.8 Å². The number of ketones is 1. The number of amides is 3. The van der Waals surface area contributed by atoms with Crippen LogP contribution in [0.25, 0.3) is 0 Å². The number of ether oxygens (including phenoxy) is 2. The number of nitrogens with zero attached hydrogens (tertiary/aromatic N) is 2. The first-order valence-electron chi connectivity index (χ1n) is 14.9. The minimum absolute atomic E-state index is 0.0281. The Morgan fingerprint density at radius 1 is 0.884 bits per heavy atom. The third-order valence-corrected chi connectivity index (χ3v) is 7.04. The number of likely N-dealkylation sites (tertiary alicyclic amines) is 1. The smallest absolute Gasteiger partial charge is 0.408 e. The third kappa shape index (κ3) is 12.4. The van der Waals surface area contributed by atoms with Crippen LogP contribution in [0.15, 0.2) is 54.9 Å². The van der Waals surface area contributed by atoms with Gasteiger partial charge in [0, 0.05) is 44.0 Å². The number of hydrogen-bond acceptors (Lipinski definition) is 8. The predicted molar refractivity (Wildman–Crippen MR) is 162 cm³/mol. The summed E-state index contributed by atoms with van der Waals surface area (Å²) >= 11 is 0. The van der Waals surface area contributed by atoms with Crippen molar-refractivity contribution in [3.63, 3.8) is 0 Å². The molecule has 43 heavy (non-hydrogen) atoms. The van der Waals surface area contributed by atoms with Crippen molar-refractivity contribution in [3.8, 4) is 0 Å². The van der Waals surface area contributed by atoms with Gasteiger partial charge in [0.1, 0.15) is 19.3 Å². The van der Waals surface area contributed by atoms with Crippen LogP contribution in [0.1, 0.15) is 51.7 Å². The van der Waals surface area contributed by atoms with Crippen molar-refractivity contribution >= 4 is 23.9 Å². The van der Waals surface area contributed by atoms with Crippen LogP contribution in [0.5, 0.6) is 0 Å². The van der Waals surface area contributed by atoms with Gasteiger partial charge >= 0.3 is 12.2 Å². The zero-order valence-electron chi connectivity index (χ0n) is 25.6. The van der Waals surface area contributed by atoms with Crippen LogP contribution in [-0.2, 0) is 32.3 Å². The quantitative estimate of drug-likeness (QED) is 0.284. The van der Waals surface area contributed by atoms with Gasteiger partial charge < -0.3 is 25.4 Å². The number of pyridine rings is 1. The van der Waals surface area contributed by atoms with Gasteiger partial charge in [-0.3, -0.25) is 19.5 Å². The van der Waals surface area contributed by atoms with Crippen molar-refractivity contribution in [1.82, 2.24) is 25.8 Å². The van der Waals surface area contributed by atoms with E-state index in [4.69, 9.17) is 9.47 Å². The van der Waals surface area contributed by atoms with E-state index in [1.54, 1.807) is 24.5 Å². The van der Waals surface area contributed by atoms with Crippen molar-refractivity contribution < 1.29 is 28.7 Å². The lowest BCUT2D eigenvalue weighted by molar-refractivity contribution is -0.124. The molecule has 0 aliphatic carbocycles. The normalized spacial score (nSPS) is 16.5. The van der Waals surface area contributed by atoms with Gasteiger partial charge in [-0.05, 0) is 47.9 Å². The van der Waals surface area contributed by atoms with Crippen molar-refractivity contribution in [2.24, 2.45) is 17.8 Å². The highest BCUT2D eigenvalue weighted by molar-refractivity contribution is 5.88. The largest absolute Gasteiger partial charge is 0.445 e. The average Bonchev–Trinajstić information content (AvgIpc) is 3.32. The zero-order valence-corrected chi connectivity index (χ0v) is 25.6. The molecule has 1 saturated heterocycles. The van der Waals surface area contributed by atoms with E-state index in [2.05, 4.69) is 34.8 Å². The lowest BCUT2D eigenvalue weighted by Gasteiger charge is -2.25. The summed E-state index contributed by atoms with van der Waals surface area (Å²) in [6.45, 7) is 9.68. The Morgan fingerprint density at radius 3 is 2.12 bits per heavy atom. The van der Waals surface area contributed by atoms with Crippen LogP contribution in [0.2, 0.25) is 0 Å². The Morgan fingerprint density at radius 2 is 1.49 bits per heavy atom. The molecular formula is C32H45N5O6. The standard InChI is InChI=1S/C32H45N5O6/c1-22(2)14-27(35-31(40)42-20-24-8-6-5-7-9-24)18-37-17-26(29(38)19-37)16-34-30(39)28(15-23(3)4)36-32(41)43-21-25-10-12-33-13-11-25/h5-13,22-23,26-28H,14-21H2,1-4H3,(H,34,39)(H,35,40)(H,36,41)/t26?,27-,28+/m1/s1. The monoisotopic (exact) mass is 595 g/mol. The van der Waals surface area contributed by atoms with Crippen LogP contribution in [0.4, 0.5) is 9.59 Å². The molecule has 1 aromatic heterocycles. The molecule has 0 saturated carbocycles. The highest BCUT2D eigenvalue weighted by atomic mass is 16.6. The Bertz CT molecular complexity index is 1180. The van der Waals surface area contributed by atoms with Crippen molar-refractivity contribution in [2.45, 2.75) is 65.8 Å². The molecular weight excluding hydrogens is 550 g/mol. The second-order valence-corrected chi connectivity index (χ2v) is 11.9. The molecule has 11 nitrogen and oxygen atoms in total. The summed E-state index contributed by atoms with van der Waals surface area (Å²) in [5.41, 5.74) is 1.69. The maximum Gasteiger partial charge on any atom is 0.408 e. The summed E-state index contributed by atoms with van der Waals surface area (Å²) < 4.78 is 10.7. The molecule has 11 heteroatoms. The first-order chi connectivity index (χ1) is 20.6. The first-order valence-corrected chi connectivity index (χ1v) is 14.9.